The van der Waals surface area contributed by atoms with Gasteiger partial charge in [0.15, 0.2) is 5.78 Å². The van der Waals surface area contributed by atoms with Crippen LogP contribution in [0.2, 0.25) is 0 Å². The molecule has 0 unspecified atom stereocenters. The van der Waals surface area contributed by atoms with Gasteiger partial charge in [-0.1, -0.05) is 12.8 Å². The number of ketones is 1. The molecule has 2 nitrogen and oxygen atoms in total. The molecule has 0 amide bonds. The van der Waals surface area contributed by atoms with Crippen molar-refractivity contribution in [2.24, 2.45) is 5.41 Å². The highest BCUT2D eigenvalue weighted by Crippen LogP contribution is 2.53. The largest absolute Gasteiger partial charge is 0.494 e. The minimum absolute atomic E-state index is 0.125. The van der Waals surface area contributed by atoms with Gasteiger partial charge in [-0.05, 0) is 43.9 Å². The monoisotopic (exact) mass is 220 g/mol. The molecule has 3 rings (SSSR count). The highest BCUT2D eigenvalue weighted by atomic mass is 16.5. The number of carbonyl (C=O) groups excluding carboxylic acids is 1. The van der Waals surface area contributed by atoms with Crippen molar-refractivity contribution >= 4 is 5.78 Å². The molecule has 1 heterocycles. The third kappa shape index (κ3) is 1.68. The minimum Gasteiger partial charge on any atom is -0.494 e. The van der Waals surface area contributed by atoms with Gasteiger partial charge in [0, 0.05) is 6.08 Å². The number of allylic oxidation sites excluding steroid dienone is 1. The smallest absolute Gasteiger partial charge is 0.162 e. The molecule has 0 bridgehead atoms. The maximum atomic E-state index is 11.5. The zero-order valence-corrected chi connectivity index (χ0v) is 9.84. The van der Waals surface area contributed by atoms with Gasteiger partial charge in [0.25, 0.3) is 0 Å². The molecule has 0 saturated heterocycles. The zero-order chi connectivity index (χ0) is 11.1. The fourth-order valence-electron chi connectivity index (χ4n) is 3.83. The molecular weight excluding hydrogens is 200 g/mol. The average Bonchev–Trinajstić information content (AvgIpc) is 2.73. The van der Waals surface area contributed by atoms with E-state index in [9.17, 15) is 4.79 Å². The maximum Gasteiger partial charge on any atom is 0.162 e. The normalized spacial score (nSPS) is 30.9. The molecule has 0 radical (unpaired) electrons. The predicted molar refractivity (Wildman–Crippen MR) is 61.9 cm³/mol. The Morgan fingerprint density at radius 3 is 2.31 bits per heavy atom. The van der Waals surface area contributed by atoms with Crippen molar-refractivity contribution < 1.29 is 9.53 Å². The van der Waals surface area contributed by atoms with Crippen LogP contribution in [0.1, 0.15) is 57.8 Å². The molecule has 0 aromatic carbocycles. The van der Waals surface area contributed by atoms with Crippen LogP contribution in [0.15, 0.2) is 12.3 Å². The molecule has 88 valence electrons. The molecule has 1 aliphatic heterocycles. The van der Waals surface area contributed by atoms with Crippen LogP contribution in [0.3, 0.4) is 0 Å². The average molecular weight is 220 g/mol. The fraction of sp³-hybridized carbons (Fsp3) is 0.786. The van der Waals surface area contributed by atoms with E-state index in [2.05, 4.69) is 0 Å². The highest BCUT2D eigenvalue weighted by Gasteiger charge is 2.46. The summed E-state index contributed by atoms with van der Waals surface area (Å²) in [5.74, 6) is 0.244. The second kappa shape index (κ2) is 3.61. The Bertz CT molecular complexity index is 314. The first-order chi connectivity index (χ1) is 7.72. The van der Waals surface area contributed by atoms with Gasteiger partial charge in [0.2, 0.25) is 0 Å². The quantitative estimate of drug-likeness (QED) is 0.625. The fourth-order valence-corrected chi connectivity index (χ4v) is 3.83. The van der Waals surface area contributed by atoms with Gasteiger partial charge in [-0.3, -0.25) is 4.79 Å². The van der Waals surface area contributed by atoms with Crippen molar-refractivity contribution in [3.05, 3.63) is 12.3 Å². The summed E-state index contributed by atoms with van der Waals surface area (Å²) in [6.07, 6.45) is 14.2. The van der Waals surface area contributed by atoms with Crippen LogP contribution in [-0.4, -0.2) is 11.4 Å². The molecule has 2 spiro atoms. The third-order valence-corrected chi connectivity index (χ3v) is 4.95. The Morgan fingerprint density at radius 1 is 1.00 bits per heavy atom. The van der Waals surface area contributed by atoms with Crippen LogP contribution in [0.25, 0.3) is 0 Å². The summed E-state index contributed by atoms with van der Waals surface area (Å²) in [6, 6.07) is 0. The van der Waals surface area contributed by atoms with Crippen molar-refractivity contribution in [1.29, 1.82) is 0 Å². The van der Waals surface area contributed by atoms with E-state index in [0.29, 0.717) is 11.8 Å². The molecule has 0 aromatic rings. The van der Waals surface area contributed by atoms with Crippen molar-refractivity contribution in [3.63, 3.8) is 0 Å². The molecule has 3 aliphatic rings. The summed E-state index contributed by atoms with van der Waals surface area (Å²) >= 11 is 0. The Morgan fingerprint density at radius 2 is 1.69 bits per heavy atom. The summed E-state index contributed by atoms with van der Waals surface area (Å²) in [5, 5.41) is 0. The van der Waals surface area contributed by atoms with Gasteiger partial charge >= 0.3 is 0 Å². The van der Waals surface area contributed by atoms with Gasteiger partial charge in [-0.2, -0.15) is 0 Å². The van der Waals surface area contributed by atoms with Crippen LogP contribution < -0.4 is 0 Å². The van der Waals surface area contributed by atoms with E-state index in [1.165, 1.54) is 38.5 Å². The highest BCUT2D eigenvalue weighted by molar-refractivity contribution is 5.90. The molecular formula is C14H20O2. The van der Waals surface area contributed by atoms with Crippen LogP contribution in [-0.2, 0) is 9.53 Å². The number of ether oxygens (including phenoxy) is 1. The summed E-state index contributed by atoms with van der Waals surface area (Å²) in [6.45, 7) is 0. The van der Waals surface area contributed by atoms with Gasteiger partial charge in [-0.25, -0.2) is 0 Å². The second-order valence-electron chi connectivity index (χ2n) is 5.95. The first-order valence-electron chi connectivity index (χ1n) is 6.59. The zero-order valence-electron chi connectivity index (χ0n) is 9.84. The minimum atomic E-state index is -0.125. The molecule has 0 N–H and O–H groups in total. The van der Waals surface area contributed by atoms with E-state index in [4.69, 9.17) is 4.74 Å². The van der Waals surface area contributed by atoms with Crippen LogP contribution in [0.4, 0.5) is 0 Å². The van der Waals surface area contributed by atoms with Gasteiger partial charge in [0.05, 0.1) is 12.7 Å². The number of hydrogen-bond donors (Lipinski definition) is 0. The summed E-state index contributed by atoms with van der Waals surface area (Å²) in [4.78, 5) is 11.5. The molecule has 16 heavy (non-hydrogen) atoms. The van der Waals surface area contributed by atoms with Gasteiger partial charge in [0.1, 0.15) is 5.60 Å². The Kier molecular flexibility index (Phi) is 2.34. The summed E-state index contributed by atoms with van der Waals surface area (Å²) < 4.78 is 5.78. The number of rotatable bonds is 0. The van der Waals surface area contributed by atoms with E-state index >= 15 is 0 Å². The second-order valence-corrected chi connectivity index (χ2v) is 5.95. The molecule has 0 aromatic heterocycles. The standard InChI is InChI=1S/C14H20O2/c15-12-3-10-16-14(11-12)8-6-13(7-9-14)4-1-2-5-13/h3,10H,1-2,4-9,11H2. The first-order valence-corrected chi connectivity index (χ1v) is 6.59. The van der Waals surface area contributed by atoms with Crippen molar-refractivity contribution in [2.45, 2.75) is 63.4 Å². The van der Waals surface area contributed by atoms with E-state index in [-0.39, 0.29) is 11.4 Å². The van der Waals surface area contributed by atoms with Crippen molar-refractivity contribution in [3.8, 4) is 0 Å². The lowest BCUT2D eigenvalue weighted by Crippen LogP contribution is -2.42. The lowest BCUT2D eigenvalue weighted by Gasteiger charge is -2.45. The topological polar surface area (TPSA) is 26.3 Å². The lowest BCUT2D eigenvalue weighted by atomic mass is 9.66. The number of carbonyl (C=O) groups is 1. The van der Waals surface area contributed by atoms with Crippen LogP contribution in [0.5, 0.6) is 0 Å². The maximum absolute atomic E-state index is 11.5. The third-order valence-electron chi connectivity index (χ3n) is 4.95. The van der Waals surface area contributed by atoms with Crippen LogP contribution >= 0.6 is 0 Å². The van der Waals surface area contributed by atoms with E-state index < -0.39 is 0 Å². The van der Waals surface area contributed by atoms with Gasteiger partial charge in [-0.15, -0.1) is 0 Å². The van der Waals surface area contributed by atoms with E-state index in [0.717, 1.165) is 12.8 Å². The summed E-state index contributed by atoms with van der Waals surface area (Å²) in [5.41, 5.74) is 0.499. The van der Waals surface area contributed by atoms with Crippen molar-refractivity contribution in [1.82, 2.24) is 0 Å². The molecule has 2 heteroatoms. The lowest BCUT2D eigenvalue weighted by molar-refractivity contribution is -0.126. The summed E-state index contributed by atoms with van der Waals surface area (Å²) in [7, 11) is 0. The van der Waals surface area contributed by atoms with Crippen LogP contribution in [0, 0.1) is 5.41 Å². The Labute approximate surface area is 97.1 Å². The molecule has 0 atom stereocenters. The van der Waals surface area contributed by atoms with E-state index in [1.807, 2.05) is 0 Å². The Hall–Kier alpha value is -0.790. The Balaban J connectivity index is 1.69. The predicted octanol–water partition coefficient (Wildman–Crippen LogP) is 3.36. The molecule has 2 fully saturated rings. The van der Waals surface area contributed by atoms with E-state index in [1.54, 1.807) is 12.3 Å². The number of hydrogen-bond acceptors (Lipinski definition) is 2. The molecule has 2 aliphatic carbocycles. The van der Waals surface area contributed by atoms with Gasteiger partial charge < -0.3 is 4.74 Å². The molecule has 2 saturated carbocycles. The first kappa shape index (κ1) is 10.4. The SMILES string of the molecule is O=C1C=COC2(CCC3(CCCC3)CC2)C1. The van der Waals surface area contributed by atoms with Crippen molar-refractivity contribution in [2.75, 3.05) is 0 Å².